The number of halogens is 2. The number of nitrogens with zero attached hydrogens (tertiary/aromatic N) is 4. The Bertz CT molecular complexity index is 1910. The van der Waals surface area contributed by atoms with Gasteiger partial charge in [-0.2, -0.15) is 0 Å². The SMILES string of the molecule is CC(C)(C)c1ccc(C2=NNC(S)(Sc3n[nH]c(-c4ccc(C(C)(C)C)cc4)n3)[N+]2(Cc2ccccc2)Cc2cc(F)cc(F)c2)cc1. The number of aromatic nitrogens is 3. The summed E-state index contributed by atoms with van der Waals surface area (Å²) in [7, 11) is 0. The lowest BCUT2D eigenvalue weighted by atomic mass is 9.86. The van der Waals surface area contributed by atoms with E-state index in [1.165, 1.54) is 35.0 Å². The molecule has 4 aromatic carbocycles. The number of amidine groups is 1. The minimum atomic E-state index is -1.19. The van der Waals surface area contributed by atoms with Crippen molar-refractivity contribution in [3.8, 4) is 11.4 Å². The number of hydrogen-bond donors (Lipinski definition) is 3. The fourth-order valence-corrected chi connectivity index (χ4v) is 7.50. The lowest BCUT2D eigenvalue weighted by molar-refractivity contribution is -0.884. The van der Waals surface area contributed by atoms with E-state index < -0.39 is 16.0 Å². The summed E-state index contributed by atoms with van der Waals surface area (Å²) in [6, 6.07) is 30.2. The Morgan fingerprint density at radius 3 is 1.83 bits per heavy atom. The maximum Gasteiger partial charge on any atom is 0.296 e. The normalized spacial score (nSPS) is 19.6. The zero-order valence-corrected chi connectivity index (χ0v) is 29.8. The molecule has 0 radical (unpaired) electrons. The van der Waals surface area contributed by atoms with Crippen LogP contribution in [0.2, 0.25) is 0 Å². The fourth-order valence-electron chi connectivity index (χ4n) is 6.01. The highest BCUT2D eigenvalue weighted by Crippen LogP contribution is 2.48. The van der Waals surface area contributed by atoms with E-state index in [-0.39, 0.29) is 21.9 Å². The molecule has 5 aromatic rings. The van der Waals surface area contributed by atoms with Gasteiger partial charge in [0.15, 0.2) is 5.82 Å². The number of benzene rings is 4. The average molecular weight is 684 g/mol. The Morgan fingerprint density at radius 2 is 1.27 bits per heavy atom. The zero-order valence-electron chi connectivity index (χ0n) is 28.1. The van der Waals surface area contributed by atoms with Gasteiger partial charge >= 0.3 is 0 Å². The Labute approximate surface area is 291 Å². The average Bonchev–Trinajstić information content (AvgIpc) is 3.58. The van der Waals surface area contributed by atoms with E-state index in [9.17, 15) is 8.78 Å². The van der Waals surface area contributed by atoms with Crippen LogP contribution in [0.3, 0.4) is 0 Å². The minimum Gasteiger partial charge on any atom is -0.258 e. The molecule has 2 atom stereocenters. The van der Waals surface area contributed by atoms with Crippen LogP contribution in [0.15, 0.2) is 107 Å². The fraction of sp³-hybridized carbons (Fsp3) is 0.289. The van der Waals surface area contributed by atoms with Crippen LogP contribution >= 0.6 is 24.4 Å². The molecule has 6 rings (SSSR count). The molecule has 48 heavy (non-hydrogen) atoms. The number of H-pyrrole nitrogens is 1. The lowest BCUT2D eigenvalue weighted by Crippen LogP contribution is -2.62. The van der Waals surface area contributed by atoms with Gasteiger partial charge in [0.25, 0.3) is 10.2 Å². The standard InChI is InChI=1S/C38H40F2N6S2/c1-36(2,3)29-16-12-27(13-17-29)33-41-35(44-42-33)48-38(47)45-43-34(28-14-18-30(19-15-28)37(4,5)6)46(38,23-25-10-8-7-9-11-25)24-26-20-31(39)22-32(40)21-26/h7-22,45H,23-24H2,1-6H3,(H-,41,42,44,47)/p+1. The van der Waals surface area contributed by atoms with Crippen molar-refractivity contribution < 1.29 is 13.3 Å². The molecule has 1 aliphatic heterocycles. The van der Waals surface area contributed by atoms with Crippen LogP contribution in [-0.4, -0.2) is 29.8 Å². The van der Waals surface area contributed by atoms with Crippen molar-refractivity contribution in [2.45, 2.75) is 74.9 Å². The molecule has 248 valence electrons. The Morgan fingerprint density at radius 1 is 0.729 bits per heavy atom. The Kier molecular flexibility index (Phi) is 9.04. The first kappa shape index (κ1) is 33.9. The van der Waals surface area contributed by atoms with Crippen LogP contribution < -0.4 is 5.43 Å². The second-order valence-corrected chi connectivity index (χ2v) is 16.5. The number of hydrogen-bond acceptors (Lipinski definition) is 6. The van der Waals surface area contributed by atoms with Gasteiger partial charge in [0.05, 0.1) is 5.56 Å². The van der Waals surface area contributed by atoms with Gasteiger partial charge in [-0.1, -0.05) is 121 Å². The smallest absolute Gasteiger partial charge is 0.258 e. The van der Waals surface area contributed by atoms with E-state index in [4.69, 9.17) is 22.7 Å². The highest BCUT2D eigenvalue weighted by atomic mass is 32.2. The number of nitrogens with one attached hydrogen (secondary N) is 2. The molecule has 2 unspecified atom stereocenters. The second kappa shape index (κ2) is 12.8. The van der Waals surface area contributed by atoms with Crippen LogP contribution in [0.25, 0.3) is 11.4 Å². The van der Waals surface area contributed by atoms with Gasteiger partial charge in [0.2, 0.25) is 5.16 Å². The van der Waals surface area contributed by atoms with E-state index in [2.05, 4.69) is 93.6 Å². The van der Waals surface area contributed by atoms with Gasteiger partial charge in [-0.05, 0) is 46.2 Å². The summed E-state index contributed by atoms with van der Waals surface area (Å²) in [6.07, 6.45) is 0. The first-order valence-corrected chi connectivity index (χ1v) is 17.2. The molecule has 2 N–H and O–H groups in total. The third-order valence-electron chi connectivity index (χ3n) is 8.70. The minimum absolute atomic E-state index is 0.0306. The van der Waals surface area contributed by atoms with Gasteiger partial charge in [-0.15, -0.1) is 10.2 Å². The van der Waals surface area contributed by atoms with Crippen LogP contribution in [0.4, 0.5) is 8.78 Å². The molecule has 0 spiro atoms. The van der Waals surface area contributed by atoms with E-state index in [1.54, 1.807) is 0 Å². The number of hydrazone groups is 1. The molecule has 0 bridgehead atoms. The number of aromatic amines is 1. The molecule has 0 fully saturated rings. The highest BCUT2D eigenvalue weighted by Gasteiger charge is 2.59. The largest absolute Gasteiger partial charge is 0.296 e. The molecule has 1 aliphatic rings. The van der Waals surface area contributed by atoms with Crippen LogP contribution in [0.5, 0.6) is 0 Å². The molecule has 0 amide bonds. The summed E-state index contributed by atoms with van der Waals surface area (Å²) in [5, 5.41) is 13.0. The van der Waals surface area contributed by atoms with Crippen LogP contribution in [-0.2, 0) is 23.9 Å². The predicted octanol–water partition coefficient (Wildman–Crippen LogP) is 9.16. The van der Waals surface area contributed by atoms with Crippen molar-refractivity contribution in [2.75, 3.05) is 0 Å². The van der Waals surface area contributed by atoms with Crippen LogP contribution in [0, 0.1) is 11.6 Å². The van der Waals surface area contributed by atoms with E-state index in [0.717, 1.165) is 22.8 Å². The summed E-state index contributed by atoms with van der Waals surface area (Å²) in [5.41, 5.74) is 8.97. The summed E-state index contributed by atoms with van der Waals surface area (Å²) < 4.78 is 28.2. The maximum atomic E-state index is 14.7. The second-order valence-electron chi connectivity index (χ2n) is 14.4. The number of rotatable bonds is 8. The van der Waals surface area contributed by atoms with Gasteiger partial charge < -0.3 is 0 Å². The van der Waals surface area contributed by atoms with Crippen molar-refractivity contribution in [3.05, 3.63) is 137 Å². The maximum absolute atomic E-state index is 14.7. The summed E-state index contributed by atoms with van der Waals surface area (Å²) in [4.78, 5) is 4.85. The van der Waals surface area contributed by atoms with Gasteiger partial charge in [-0.3, -0.25) is 5.10 Å². The van der Waals surface area contributed by atoms with E-state index >= 15 is 0 Å². The van der Waals surface area contributed by atoms with Crippen molar-refractivity contribution in [1.82, 2.24) is 20.6 Å². The van der Waals surface area contributed by atoms with Gasteiger partial charge in [0.1, 0.15) is 24.7 Å². The molecule has 0 saturated carbocycles. The monoisotopic (exact) mass is 683 g/mol. The zero-order chi connectivity index (χ0) is 34.3. The number of thioether (sulfide) groups is 1. The third-order valence-corrected chi connectivity index (χ3v) is 10.5. The van der Waals surface area contributed by atoms with Crippen LogP contribution in [0.1, 0.15) is 69.4 Å². The first-order chi connectivity index (χ1) is 22.6. The van der Waals surface area contributed by atoms with E-state index in [1.807, 2.05) is 42.5 Å². The Balaban J connectivity index is 1.45. The molecule has 10 heteroatoms. The number of thiol groups is 1. The van der Waals surface area contributed by atoms with Crippen molar-refractivity contribution >= 4 is 30.2 Å². The summed E-state index contributed by atoms with van der Waals surface area (Å²) in [6.45, 7) is 13.6. The Hall–Kier alpha value is -3.99. The molecule has 0 aliphatic carbocycles. The lowest BCUT2D eigenvalue weighted by Gasteiger charge is -2.44. The van der Waals surface area contributed by atoms with Crippen molar-refractivity contribution in [3.63, 3.8) is 0 Å². The molecule has 6 nitrogen and oxygen atoms in total. The molecule has 0 saturated heterocycles. The molecular weight excluding hydrogens is 643 g/mol. The molecule has 1 aromatic heterocycles. The topological polar surface area (TPSA) is 66.0 Å². The van der Waals surface area contributed by atoms with Crippen molar-refractivity contribution in [1.29, 1.82) is 0 Å². The number of quaternary nitrogens is 1. The molecule has 2 heterocycles. The summed E-state index contributed by atoms with van der Waals surface area (Å²) in [5.74, 6) is 0.0215. The highest BCUT2D eigenvalue weighted by molar-refractivity contribution is 8.11. The quantitative estimate of drug-likeness (QED) is 0.0867. The summed E-state index contributed by atoms with van der Waals surface area (Å²) >= 11 is 6.64. The first-order valence-electron chi connectivity index (χ1n) is 15.9. The van der Waals surface area contributed by atoms with E-state index in [0.29, 0.717) is 28.9 Å². The van der Waals surface area contributed by atoms with Gasteiger partial charge in [0, 0.05) is 34.5 Å². The van der Waals surface area contributed by atoms with Crippen molar-refractivity contribution in [2.24, 2.45) is 5.10 Å². The predicted molar refractivity (Wildman–Crippen MR) is 193 cm³/mol. The third kappa shape index (κ3) is 6.92. The van der Waals surface area contributed by atoms with Gasteiger partial charge in [-0.25, -0.2) is 23.7 Å². The molecular formula is C38H41F2N6S2+.